The summed E-state index contributed by atoms with van der Waals surface area (Å²) in [5, 5.41) is 12.5. The third-order valence-corrected chi connectivity index (χ3v) is 5.93. The van der Waals surface area contributed by atoms with Gasteiger partial charge in [0.15, 0.2) is 0 Å². The molecule has 0 spiro atoms. The molecule has 1 heterocycles. The van der Waals surface area contributed by atoms with E-state index in [1.807, 2.05) is 4.90 Å². The van der Waals surface area contributed by atoms with Gasteiger partial charge >= 0.3 is 0 Å². The van der Waals surface area contributed by atoms with E-state index in [4.69, 9.17) is 0 Å². The van der Waals surface area contributed by atoms with Crippen molar-refractivity contribution in [3.05, 3.63) is 0 Å². The number of piperidine rings is 1. The third kappa shape index (κ3) is 4.46. The minimum atomic E-state index is -0.451. The maximum atomic E-state index is 12.6. The van der Waals surface area contributed by atoms with E-state index >= 15 is 0 Å². The van der Waals surface area contributed by atoms with Gasteiger partial charge in [0.25, 0.3) is 0 Å². The van der Waals surface area contributed by atoms with E-state index in [1.54, 1.807) is 6.92 Å². The summed E-state index contributed by atoms with van der Waals surface area (Å²) in [6.07, 6.45) is 7.98. The van der Waals surface area contributed by atoms with Crippen LogP contribution in [0.3, 0.4) is 0 Å². The highest BCUT2D eigenvalue weighted by Gasteiger charge is 2.35. The van der Waals surface area contributed by atoms with Crippen LogP contribution in [0, 0.1) is 11.3 Å². The van der Waals surface area contributed by atoms with E-state index in [1.165, 1.54) is 6.42 Å². The number of amides is 2. The lowest BCUT2D eigenvalue weighted by molar-refractivity contribution is -0.139. The van der Waals surface area contributed by atoms with Crippen LogP contribution < -0.4 is 5.32 Å². The van der Waals surface area contributed by atoms with Gasteiger partial charge in [0, 0.05) is 25.6 Å². The van der Waals surface area contributed by atoms with E-state index in [0.717, 1.165) is 44.9 Å². The van der Waals surface area contributed by atoms with Crippen LogP contribution in [0.25, 0.3) is 0 Å². The summed E-state index contributed by atoms with van der Waals surface area (Å²) >= 11 is 0. The number of aliphatic hydroxyl groups excluding tert-OH is 1. The predicted molar refractivity (Wildman–Crippen MR) is 89.8 cm³/mol. The molecule has 1 aliphatic carbocycles. The van der Waals surface area contributed by atoms with Crippen LogP contribution in [0.4, 0.5) is 0 Å². The molecule has 1 saturated heterocycles. The summed E-state index contributed by atoms with van der Waals surface area (Å²) in [7, 11) is 0. The van der Waals surface area contributed by atoms with E-state index in [2.05, 4.69) is 12.2 Å². The molecule has 1 atom stereocenters. The van der Waals surface area contributed by atoms with Gasteiger partial charge in [0.1, 0.15) is 6.04 Å². The van der Waals surface area contributed by atoms with Crippen molar-refractivity contribution in [2.24, 2.45) is 11.3 Å². The Bertz CT molecular complexity index is 404. The monoisotopic (exact) mass is 324 g/mol. The number of nitrogens with one attached hydrogen (secondary N) is 1. The van der Waals surface area contributed by atoms with Gasteiger partial charge in [-0.15, -0.1) is 0 Å². The molecule has 2 fully saturated rings. The molecular weight excluding hydrogens is 292 g/mol. The maximum absolute atomic E-state index is 12.6. The Kier molecular flexibility index (Phi) is 6.45. The number of likely N-dealkylation sites (tertiary alicyclic amines) is 1. The van der Waals surface area contributed by atoms with Crippen molar-refractivity contribution in [1.82, 2.24) is 10.2 Å². The Hall–Kier alpha value is -1.10. The number of hydrogen-bond acceptors (Lipinski definition) is 3. The van der Waals surface area contributed by atoms with Crippen LogP contribution in [0.2, 0.25) is 0 Å². The van der Waals surface area contributed by atoms with Crippen molar-refractivity contribution in [1.29, 1.82) is 0 Å². The summed E-state index contributed by atoms with van der Waals surface area (Å²) in [6.45, 7) is 5.44. The van der Waals surface area contributed by atoms with Crippen molar-refractivity contribution >= 4 is 11.8 Å². The highest BCUT2D eigenvalue weighted by molar-refractivity contribution is 5.88. The quantitative estimate of drug-likeness (QED) is 0.813. The first-order chi connectivity index (χ1) is 11.0. The topological polar surface area (TPSA) is 69.6 Å². The molecule has 2 rings (SSSR count). The predicted octanol–water partition coefficient (Wildman–Crippen LogP) is 2.08. The molecule has 0 aromatic rings. The number of carbonyl (C=O) groups excluding carboxylic acids is 2. The average molecular weight is 324 g/mol. The van der Waals surface area contributed by atoms with Gasteiger partial charge in [0.05, 0.1) is 0 Å². The molecule has 0 aromatic carbocycles. The van der Waals surface area contributed by atoms with Crippen LogP contribution in [0.1, 0.15) is 65.2 Å². The van der Waals surface area contributed by atoms with Gasteiger partial charge in [-0.1, -0.05) is 26.2 Å². The lowest BCUT2D eigenvalue weighted by Crippen LogP contribution is -2.52. The summed E-state index contributed by atoms with van der Waals surface area (Å²) in [6, 6.07) is -0.451. The molecule has 23 heavy (non-hydrogen) atoms. The van der Waals surface area contributed by atoms with E-state index in [-0.39, 0.29) is 29.8 Å². The van der Waals surface area contributed by atoms with Crippen molar-refractivity contribution in [3.8, 4) is 0 Å². The highest BCUT2D eigenvalue weighted by Crippen LogP contribution is 2.34. The number of aliphatic hydroxyl groups is 1. The van der Waals surface area contributed by atoms with Crippen molar-refractivity contribution in [3.63, 3.8) is 0 Å². The van der Waals surface area contributed by atoms with E-state index in [9.17, 15) is 14.7 Å². The Labute approximate surface area is 139 Å². The fourth-order valence-electron chi connectivity index (χ4n) is 3.86. The highest BCUT2D eigenvalue weighted by atomic mass is 16.3. The van der Waals surface area contributed by atoms with Crippen LogP contribution in [-0.4, -0.2) is 47.6 Å². The minimum absolute atomic E-state index is 0.0109. The van der Waals surface area contributed by atoms with Crippen molar-refractivity contribution in [2.45, 2.75) is 71.3 Å². The Morgan fingerprint density at radius 1 is 1.22 bits per heavy atom. The fourth-order valence-corrected chi connectivity index (χ4v) is 3.86. The average Bonchev–Trinajstić information content (AvgIpc) is 2.61. The number of hydrogen-bond donors (Lipinski definition) is 2. The first-order valence-electron chi connectivity index (χ1n) is 9.21. The lowest BCUT2D eigenvalue weighted by atomic mass is 9.77. The summed E-state index contributed by atoms with van der Waals surface area (Å²) in [5.41, 5.74) is -0.0225. The second-order valence-electron chi connectivity index (χ2n) is 7.40. The second-order valence-corrected chi connectivity index (χ2v) is 7.40. The fraction of sp³-hybridized carbons (Fsp3) is 0.889. The Morgan fingerprint density at radius 3 is 2.35 bits per heavy atom. The van der Waals surface area contributed by atoms with Crippen LogP contribution >= 0.6 is 0 Å². The molecule has 0 bridgehead atoms. The van der Waals surface area contributed by atoms with Crippen molar-refractivity contribution < 1.29 is 14.7 Å². The second kappa shape index (κ2) is 8.13. The van der Waals surface area contributed by atoms with Gasteiger partial charge in [-0.05, 0) is 44.4 Å². The lowest BCUT2D eigenvalue weighted by Gasteiger charge is -2.41. The van der Waals surface area contributed by atoms with Crippen LogP contribution in [-0.2, 0) is 9.59 Å². The minimum Gasteiger partial charge on any atom is -0.396 e. The van der Waals surface area contributed by atoms with Crippen molar-refractivity contribution in [2.75, 3.05) is 19.7 Å². The first-order valence-corrected chi connectivity index (χ1v) is 9.21. The Morgan fingerprint density at radius 2 is 1.83 bits per heavy atom. The SMILES string of the molecule is CCC1(CO)CCN(C(=O)[C@H](C)NC(=O)C2CCCCC2)CC1. The molecule has 2 N–H and O–H groups in total. The molecule has 0 radical (unpaired) electrons. The molecular formula is C18H32N2O3. The number of rotatable bonds is 5. The molecule has 5 nitrogen and oxygen atoms in total. The molecule has 0 unspecified atom stereocenters. The smallest absolute Gasteiger partial charge is 0.244 e. The Balaban J connectivity index is 1.82. The maximum Gasteiger partial charge on any atom is 0.244 e. The zero-order valence-corrected chi connectivity index (χ0v) is 14.6. The summed E-state index contributed by atoms with van der Waals surface area (Å²) in [4.78, 5) is 26.7. The molecule has 5 heteroatoms. The van der Waals surface area contributed by atoms with Crippen LogP contribution in [0.15, 0.2) is 0 Å². The van der Waals surface area contributed by atoms with Gasteiger partial charge < -0.3 is 15.3 Å². The molecule has 2 aliphatic rings. The molecule has 1 saturated carbocycles. The third-order valence-electron chi connectivity index (χ3n) is 5.93. The first kappa shape index (κ1) is 18.2. The molecule has 1 aliphatic heterocycles. The van der Waals surface area contributed by atoms with Gasteiger partial charge in [-0.2, -0.15) is 0 Å². The molecule has 132 valence electrons. The molecule has 0 aromatic heterocycles. The number of carbonyl (C=O) groups is 2. The van der Waals surface area contributed by atoms with Gasteiger partial charge in [0.2, 0.25) is 11.8 Å². The number of nitrogens with zero attached hydrogens (tertiary/aromatic N) is 1. The normalized spacial score (nSPS) is 23.3. The van der Waals surface area contributed by atoms with E-state index < -0.39 is 6.04 Å². The van der Waals surface area contributed by atoms with Crippen LogP contribution in [0.5, 0.6) is 0 Å². The zero-order valence-electron chi connectivity index (χ0n) is 14.6. The summed E-state index contributed by atoms with van der Waals surface area (Å²) in [5.74, 6) is 0.139. The molecule has 2 amide bonds. The van der Waals surface area contributed by atoms with Gasteiger partial charge in [-0.3, -0.25) is 9.59 Å². The zero-order chi connectivity index (χ0) is 16.9. The van der Waals surface area contributed by atoms with Gasteiger partial charge in [-0.25, -0.2) is 0 Å². The standard InChI is InChI=1S/C18H32N2O3/c1-3-18(13-21)9-11-20(12-10-18)17(23)14(2)19-16(22)15-7-5-4-6-8-15/h14-15,21H,3-13H2,1-2H3,(H,19,22)/t14-/m0/s1. The summed E-state index contributed by atoms with van der Waals surface area (Å²) < 4.78 is 0. The van der Waals surface area contributed by atoms with E-state index in [0.29, 0.717) is 13.1 Å². The largest absolute Gasteiger partial charge is 0.396 e.